The Balaban J connectivity index is 1.05. The average Bonchev–Trinajstić information content (AvgIpc) is 3.62. The van der Waals surface area contributed by atoms with Crippen molar-refractivity contribution in [1.82, 2.24) is 34.0 Å². The molecule has 11 heteroatoms. The summed E-state index contributed by atoms with van der Waals surface area (Å²) in [6, 6.07) is 14.3. The number of ether oxygens (including phenoxy) is 1. The van der Waals surface area contributed by atoms with E-state index in [0.717, 1.165) is 34.6 Å². The minimum Gasteiger partial charge on any atom is -0.388 e. The van der Waals surface area contributed by atoms with Crippen LogP contribution in [0.4, 0.5) is 4.39 Å². The van der Waals surface area contributed by atoms with Gasteiger partial charge in [0.2, 0.25) is 0 Å². The maximum Gasteiger partial charge on any atom is 0.264 e. The van der Waals surface area contributed by atoms with Gasteiger partial charge in [-0.05, 0) is 54.8 Å². The Bertz CT molecular complexity index is 1730. The molecule has 5 aromatic rings. The topological polar surface area (TPSA) is 103 Å². The number of halogens is 1. The van der Waals surface area contributed by atoms with Crippen molar-refractivity contribution in [2.45, 2.75) is 44.6 Å². The van der Waals surface area contributed by atoms with E-state index in [-0.39, 0.29) is 17.9 Å². The van der Waals surface area contributed by atoms with Gasteiger partial charge in [0, 0.05) is 37.8 Å². The lowest BCUT2D eigenvalue weighted by Gasteiger charge is -2.38. The molecule has 41 heavy (non-hydrogen) atoms. The summed E-state index contributed by atoms with van der Waals surface area (Å²) in [5.41, 5.74) is 4.13. The molecule has 10 nitrogen and oxygen atoms in total. The predicted octanol–water partition coefficient (Wildman–Crippen LogP) is 3.01. The third-order valence-electron chi connectivity index (χ3n) is 8.10. The summed E-state index contributed by atoms with van der Waals surface area (Å²) in [5, 5.41) is 20.8. The zero-order chi connectivity index (χ0) is 28.0. The third-order valence-corrected chi connectivity index (χ3v) is 8.10. The first-order chi connectivity index (χ1) is 19.9. The van der Waals surface area contributed by atoms with Crippen molar-refractivity contribution in [2.75, 3.05) is 19.7 Å². The van der Waals surface area contributed by atoms with Crippen molar-refractivity contribution in [3.8, 4) is 11.4 Å². The molecule has 0 atom stereocenters. The maximum absolute atomic E-state index is 13.4. The number of rotatable bonds is 6. The number of fused-ring (bicyclic) bond motifs is 2. The summed E-state index contributed by atoms with van der Waals surface area (Å²) in [7, 11) is 0. The fourth-order valence-electron chi connectivity index (χ4n) is 5.71. The fourth-order valence-corrected chi connectivity index (χ4v) is 5.71. The monoisotopic (exact) mass is 555 g/mol. The molecule has 0 amide bonds. The van der Waals surface area contributed by atoms with Crippen molar-refractivity contribution in [3.63, 3.8) is 0 Å². The number of likely N-dealkylation sites (tertiary alicyclic amines) is 1. The largest absolute Gasteiger partial charge is 0.388 e. The van der Waals surface area contributed by atoms with E-state index in [1.807, 2.05) is 35.1 Å². The van der Waals surface area contributed by atoms with Gasteiger partial charge in [-0.3, -0.25) is 14.3 Å². The van der Waals surface area contributed by atoms with E-state index in [0.29, 0.717) is 56.7 Å². The van der Waals surface area contributed by atoms with E-state index >= 15 is 0 Å². The molecule has 3 aromatic heterocycles. The van der Waals surface area contributed by atoms with Gasteiger partial charge in [0.15, 0.2) is 5.65 Å². The van der Waals surface area contributed by atoms with Crippen LogP contribution in [0.3, 0.4) is 0 Å². The number of aromatic nitrogens is 6. The van der Waals surface area contributed by atoms with Crippen LogP contribution in [0.2, 0.25) is 0 Å². The van der Waals surface area contributed by atoms with Crippen molar-refractivity contribution in [3.05, 3.63) is 100 Å². The zero-order valence-corrected chi connectivity index (χ0v) is 22.5. The smallest absolute Gasteiger partial charge is 0.264 e. The van der Waals surface area contributed by atoms with E-state index in [4.69, 9.17) is 4.74 Å². The van der Waals surface area contributed by atoms with Crippen LogP contribution >= 0.6 is 0 Å². The highest BCUT2D eigenvalue weighted by Gasteiger charge is 2.33. The van der Waals surface area contributed by atoms with E-state index < -0.39 is 5.60 Å². The summed E-state index contributed by atoms with van der Waals surface area (Å²) in [6.45, 7) is 3.51. The van der Waals surface area contributed by atoms with E-state index in [9.17, 15) is 14.3 Å². The molecule has 0 unspecified atom stereocenters. The molecule has 1 saturated heterocycles. The second-order valence-electron chi connectivity index (χ2n) is 11.0. The van der Waals surface area contributed by atoms with Gasteiger partial charge in [0.25, 0.3) is 5.56 Å². The van der Waals surface area contributed by atoms with Crippen molar-refractivity contribution < 1.29 is 14.2 Å². The van der Waals surface area contributed by atoms with Gasteiger partial charge >= 0.3 is 0 Å². The Hall–Kier alpha value is -4.19. The van der Waals surface area contributed by atoms with Crippen LogP contribution in [-0.2, 0) is 30.9 Å². The second-order valence-corrected chi connectivity index (χ2v) is 11.0. The molecule has 0 radical (unpaired) electrons. The summed E-state index contributed by atoms with van der Waals surface area (Å²) in [5.74, 6) is -0.249. The Kier molecular flexibility index (Phi) is 6.49. The van der Waals surface area contributed by atoms with Gasteiger partial charge < -0.3 is 9.84 Å². The SMILES string of the molecule is O=c1c2cnn(-c3ccc(-n4cc5c(n4)CCOC5)cc3)c2ncn1CC1(O)CCN(Cc2ccc(F)cc2)CC1. The van der Waals surface area contributed by atoms with E-state index in [1.165, 1.54) is 29.2 Å². The molecular weight excluding hydrogens is 525 g/mol. The van der Waals surface area contributed by atoms with Crippen LogP contribution < -0.4 is 5.56 Å². The molecule has 210 valence electrons. The van der Waals surface area contributed by atoms with Crippen LogP contribution in [0.15, 0.2) is 72.0 Å². The van der Waals surface area contributed by atoms with Gasteiger partial charge in [0.1, 0.15) is 17.5 Å². The van der Waals surface area contributed by atoms with Gasteiger partial charge in [-0.15, -0.1) is 0 Å². The number of piperidine rings is 1. The molecule has 2 aliphatic rings. The number of hydrogen-bond acceptors (Lipinski definition) is 7. The summed E-state index contributed by atoms with van der Waals surface area (Å²) >= 11 is 0. The fraction of sp³-hybridized carbons (Fsp3) is 0.333. The van der Waals surface area contributed by atoms with Crippen LogP contribution in [0.5, 0.6) is 0 Å². The van der Waals surface area contributed by atoms with E-state index in [2.05, 4.69) is 20.1 Å². The van der Waals surface area contributed by atoms with Crippen LogP contribution in [0.1, 0.15) is 29.7 Å². The zero-order valence-electron chi connectivity index (χ0n) is 22.5. The quantitative estimate of drug-likeness (QED) is 0.344. The lowest BCUT2D eigenvalue weighted by Crippen LogP contribution is -2.47. The highest BCUT2D eigenvalue weighted by Crippen LogP contribution is 2.26. The minimum atomic E-state index is -1.01. The molecule has 0 saturated carbocycles. The highest BCUT2D eigenvalue weighted by atomic mass is 19.1. The van der Waals surface area contributed by atoms with Gasteiger partial charge in [0.05, 0.1) is 48.6 Å². The first kappa shape index (κ1) is 25.8. The summed E-state index contributed by atoms with van der Waals surface area (Å²) in [6.07, 6.45) is 6.89. The Morgan fingerprint density at radius 3 is 2.54 bits per heavy atom. The summed E-state index contributed by atoms with van der Waals surface area (Å²) < 4.78 is 23.7. The Labute approximate surface area is 235 Å². The van der Waals surface area contributed by atoms with E-state index in [1.54, 1.807) is 16.8 Å². The predicted molar refractivity (Wildman–Crippen MR) is 149 cm³/mol. The third kappa shape index (κ3) is 5.08. The standard InChI is InChI=1S/C30H30FN7O3/c31-23-3-1-21(2-4-23)16-35-12-10-30(40,11-13-35)19-36-20-32-28-26(29(36)39)15-33-38(28)25-7-5-24(6-8-25)37-17-22-18-41-14-9-27(22)34-37/h1-8,15,17,20,40H,9-14,16,18-19H2. The molecular formula is C30H30FN7O3. The first-order valence-corrected chi connectivity index (χ1v) is 13.8. The van der Waals surface area contributed by atoms with Crippen LogP contribution in [0.25, 0.3) is 22.4 Å². The molecule has 2 aliphatic heterocycles. The maximum atomic E-state index is 13.4. The molecule has 1 N–H and O–H groups in total. The summed E-state index contributed by atoms with van der Waals surface area (Å²) in [4.78, 5) is 20.1. The molecule has 2 aromatic carbocycles. The van der Waals surface area contributed by atoms with Crippen LogP contribution in [-0.4, -0.2) is 64.4 Å². The van der Waals surface area contributed by atoms with Gasteiger partial charge in [-0.2, -0.15) is 10.2 Å². The normalized spacial score (nSPS) is 17.1. The first-order valence-electron chi connectivity index (χ1n) is 13.8. The van der Waals surface area contributed by atoms with Crippen molar-refractivity contribution >= 4 is 11.0 Å². The molecule has 0 aliphatic carbocycles. The average molecular weight is 556 g/mol. The number of benzene rings is 2. The van der Waals surface area contributed by atoms with Crippen LogP contribution in [0, 0.1) is 5.82 Å². The second kappa shape index (κ2) is 10.3. The van der Waals surface area contributed by atoms with Crippen molar-refractivity contribution in [2.24, 2.45) is 0 Å². The highest BCUT2D eigenvalue weighted by molar-refractivity contribution is 5.75. The minimum absolute atomic E-state index is 0.165. The Morgan fingerprint density at radius 1 is 1.02 bits per heavy atom. The van der Waals surface area contributed by atoms with Crippen molar-refractivity contribution in [1.29, 1.82) is 0 Å². The molecule has 0 bridgehead atoms. The molecule has 5 heterocycles. The number of nitrogens with zero attached hydrogens (tertiary/aromatic N) is 7. The molecule has 7 rings (SSSR count). The number of hydrogen-bond donors (Lipinski definition) is 1. The Morgan fingerprint density at radius 2 is 1.78 bits per heavy atom. The molecule has 0 spiro atoms. The lowest BCUT2D eigenvalue weighted by molar-refractivity contribution is -0.0364. The lowest BCUT2D eigenvalue weighted by atomic mass is 9.91. The number of aliphatic hydroxyl groups is 1. The van der Waals surface area contributed by atoms with Gasteiger partial charge in [-0.25, -0.2) is 18.7 Å². The van der Waals surface area contributed by atoms with Gasteiger partial charge in [-0.1, -0.05) is 12.1 Å². The molecule has 1 fully saturated rings.